The fourth-order valence-corrected chi connectivity index (χ4v) is 1.96. The van der Waals surface area contributed by atoms with Gasteiger partial charge in [0.2, 0.25) is 0 Å². The van der Waals surface area contributed by atoms with Gasteiger partial charge in [-0.25, -0.2) is 0 Å². The second kappa shape index (κ2) is 4.12. The molecule has 0 N–H and O–H groups in total. The summed E-state index contributed by atoms with van der Waals surface area (Å²) in [6, 6.07) is 2.15. The first kappa shape index (κ1) is 12.5. The van der Waals surface area contributed by atoms with Crippen LogP contribution in [0.25, 0.3) is 0 Å². The van der Waals surface area contributed by atoms with Crippen LogP contribution in [0.4, 0.5) is 18.9 Å². The number of hydrogen-bond donors (Lipinski definition) is 0. The maximum Gasteiger partial charge on any atom is 0.424 e. The molecule has 0 heterocycles. The minimum atomic E-state index is -4.79. The summed E-state index contributed by atoms with van der Waals surface area (Å²) < 4.78 is 37.2. The van der Waals surface area contributed by atoms with Gasteiger partial charge in [-0.15, -0.1) is 0 Å². The van der Waals surface area contributed by atoms with Gasteiger partial charge in [-0.1, -0.05) is 11.6 Å². The van der Waals surface area contributed by atoms with Crippen LogP contribution in [0.1, 0.15) is 5.56 Å². The van der Waals surface area contributed by atoms with E-state index in [1.807, 2.05) is 0 Å². The van der Waals surface area contributed by atoms with Gasteiger partial charge >= 0.3 is 11.9 Å². The molecule has 0 aliphatic heterocycles. The molecule has 0 saturated heterocycles. The molecular formula is C7H2ClF3INO2. The van der Waals surface area contributed by atoms with E-state index >= 15 is 0 Å². The van der Waals surface area contributed by atoms with Crippen molar-refractivity contribution >= 4 is 39.9 Å². The van der Waals surface area contributed by atoms with Crippen molar-refractivity contribution in [3.05, 3.63) is 36.4 Å². The number of halogens is 5. The third kappa shape index (κ3) is 2.51. The first-order valence-electron chi connectivity index (χ1n) is 3.44. The lowest BCUT2D eigenvalue weighted by molar-refractivity contribution is -0.388. The van der Waals surface area contributed by atoms with Crippen LogP contribution in [0.15, 0.2) is 12.1 Å². The molecule has 3 nitrogen and oxygen atoms in total. The Morgan fingerprint density at radius 2 is 1.93 bits per heavy atom. The number of nitro benzene ring substituents is 1. The number of nitro groups is 1. The number of alkyl halides is 3. The van der Waals surface area contributed by atoms with Crippen LogP contribution in [0.5, 0.6) is 0 Å². The maximum atomic E-state index is 12.5. The van der Waals surface area contributed by atoms with Crippen LogP contribution in [0.2, 0.25) is 5.02 Å². The predicted molar refractivity (Wildman–Crippen MR) is 55.8 cm³/mol. The summed E-state index contributed by atoms with van der Waals surface area (Å²) in [6.07, 6.45) is -4.79. The number of hydrogen-bond acceptors (Lipinski definition) is 2. The van der Waals surface area contributed by atoms with E-state index < -0.39 is 27.4 Å². The highest BCUT2D eigenvalue weighted by atomic mass is 127. The van der Waals surface area contributed by atoms with E-state index in [2.05, 4.69) is 0 Å². The SMILES string of the molecule is O=[N+]([O-])c1c(Cl)ccc(I)c1C(F)(F)F. The molecule has 0 fully saturated rings. The molecule has 0 saturated carbocycles. The molecule has 82 valence electrons. The van der Waals surface area contributed by atoms with Crippen molar-refractivity contribution in [3.63, 3.8) is 0 Å². The van der Waals surface area contributed by atoms with Crippen molar-refractivity contribution in [1.29, 1.82) is 0 Å². The standard InChI is InChI=1S/C7H2ClF3INO2/c8-3-1-2-4(12)5(7(9,10)11)6(3)13(14)15/h1-2H. The van der Waals surface area contributed by atoms with Gasteiger partial charge < -0.3 is 0 Å². The van der Waals surface area contributed by atoms with Gasteiger partial charge in [-0.2, -0.15) is 13.2 Å². The largest absolute Gasteiger partial charge is 0.424 e. The molecule has 0 aliphatic rings. The average Bonchev–Trinajstić information content (AvgIpc) is 2.05. The fraction of sp³-hybridized carbons (Fsp3) is 0.143. The molecule has 0 unspecified atom stereocenters. The highest BCUT2D eigenvalue weighted by molar-refractivity contribution is 14.1. The Balaban J connectivity index is 3.60. The maximum absolute atomic E-state index is 12.5. The quantitative estimate of drug-likeness (QED) is 0.438. The van der Waals surface area contributed by atoms with Crippen molar-refractivity contribution in [2.45, 2.75) is 6.18 Å². The lowest BCUT2D eigenvalue weighted by Crippen LogP contribution is -2.11. The molecule has 0 aromatic heterocycles. The Hall–Kier alpha value is -0.570. The van der Waals surface area contributed by atoms with Crippen molar-refractivity contribution in [1.82, 2.24) is 0 Å². The highest BCUT2D eigenvalue weighted by Crippen LogP contribution is 2.42. The van der Waals surface area contributed by atoms with Crippen LogP contribution in [0.3, 0.4) is 0 Å². The number of nitrogens with zero attached hydrogens (tertiary/aromatic N) is 1. The van der Waals surface area contributed by atoms with Gasteiger partial charge in [-0.3, -0.25) is 10.1 Å². The summed E-state index contributed by atoms with van der Waals surface area (Å²) in [4.78, 5) is 9.33. The molecule has 1 aromatic rings. The first-order chi connectivity index (χ1) is 6.75. The van der Waals surface area contributed by atoms with Crippen molar-refractivity contribution in [3.8, 4) is 0 Å². The van der Waals surface area contributed by atoms with Crippen LogP contribution >= 0.6 is 34.2 Å². The highest BCUT2D eigenvalue weighted by Gasteiger charge is 2.41. The predicted octanol–water partition coefficient (Wildman–Crippen LogP) is 3.87. The van der Waals surface area contributed by atoms with Crippen molar-refractivity contribution in [2.24, 2.45) is 0 Å². The minimum Gasteiger partial charge on any atom is -0.258 e. The summed E-state index contributed by atoms with van der Waals surface area (Å²) in [5.74, 6) is 0. The topological polar surface area (TPSA) is 43.1 Å². The fourth-order valence-electron chi connectivity index (χ4n) is 0.989. The molecule has 15 heavy (non-hydrogen) atoms. The van der Waals surface area contributed by atoms with Gasteiger partial charge in [0.25, 0.3) is 0 Å². The molecule has 1 aromatic carbocycles. The number of rotatable bonds is 1. The van der Waals surface area contributed by atoms with Crippen LogP contribution in [-0.4, -0.2) is 4.92 Å². The molecule has 0 bridgehead atoms. The average molecular weight is 351 g/mol. The smallest absolute Gasteiger partial charge is 0.258 e. The molecule has 0 aliphatic carbocycles. The van der Waals surface area contributed by atoms with Gasteiger partial charge in [0.05, 0.1) is 4.92 Å². The summed E-state index contributed by atoms with van der Waals surface area (Å²) in [6.45, 7) is 0. The lowest BCUT2D eigenvalue weighted by atomic mass is 10.2. The lowest BCUT2D eigenvalue weighted by Gasteiger charge is -2.10. The monoisotopic (exact) mass is 351 g/mol. The molecule has 0 radical (unpaired) electrons. The van der Waals surface area contributed by atoms with E-state index in [-0.39, 0.29) is 3.57 Å². The van der Waals surface area contributed by atoms with Gasteiger partial charge in [0, 0.05) is 3.57 Å². The van der Waals surface area contributed by atoms with E-state index in [4.69, 9.17) is 11.6 Å². The van der Waals surface area contributed by atoms with E-state index in [9.17, 15) is 23.3 Å². The Kier molecular flexibility index (Phi) is 3.44. The van der Waals surface area contributed by atoms with Crippen molar-refractivity contribution in [2.75, 3.05) is 0 Å². The normalized spacial score (nSPS) is 11.5. The zero-order valence-electron chi connectivity index (χ0n) is 6.81. The molecule has 1 rings (SSSR count). The Labute approximate surface area is 101 Å². The third-order valence-corrected chi connectivity index (χ3v) is 2.75. The Morgan fingerprint density at radius 3 is 2.27 bits per heavy atom. The second-order valence-corrected chi connectivity index (χ2v) is 4.08. The second-order valence-electron chi connectivity index (χ2n) is 2.51. The summed E-state index contributed by atoms with van der Waals surface area (Å²) in [5.41, 5.74) is -2.41. The zero-order chi connectivity index (χ0) is 11.8. The summed E-state index contributed by atoms with van der Waals surface area (Å²) in [7, 11) is 0. The van der Waals surface area contributed by atoms with E-state index in [0.29, 0.717) is 0 Å². The molecule has 8 heteroatoms. The van der Waals surface area contributed by atoms with Crippen LogP contribution < -0.4 is 0 Å². The Morgan fingerprint density at radius 1 is 1.40 bits per heavy atom. The van der Waals surface area contributed by atoms with E-state index in [1.165, 1.54) is 22.6 Å². The Bertz CT molecular complexity index is 421. The summed E-state index contributed by atoms with van der Waals surface area (Å²) >= 11 is 6.74. The first-order valence-corrected chi connectivity index (χ1v) is 4.90. The summed E-state index contributed by atoms with van der Waals surface area (Å²) in [5, 5.41) is 9.94. The van der Waals surface area contributed by atoms with Crippen LogP contribution in [0, 0.1) is 13.7 Å². The van der Waals surface area contributed by atoms with E-state index in [0.717, 1.165) is 12.1 Å². The third-order valence-electron chi connectivity index (χ3n) is 1.54. The molecule has 0 amide bonds. The van der Waals surface area contributed by atoms with E-state index in [1.54, 1.807) is 0 Å². The van der Waals surface area contributed by atoms with Crippen molar-refractivity contribution < 1.29 is 18.1 Å². The van der Waals surface area contributed by atoms with Crippen LogP contribution in [-0.2, 0) is 6.18 Å². The molecule has 0 spiro atoms. The van der Waals surface area contributed by atoms with Gasteiger partial charge in [0.15, 0.2) is 0 Å². The molecule has 0 atom stereocenters. The van der Waals surface area contributed by atoms with Gasteiger partial charge in [-0.05, 0) is 34.7 Å². The zero-order valence-corrected chi connectivity index (χ0v) is 9.72. The number of benzene rings is 1. The minimum absolute atomic E-state index is 0.254. The molecular weight excluding hydrogens is 349 g/mol. The van der Waals surface area contributed by atoms with Gasteiger partial charge in [0.1, 0.15) is 10.6 Å².